The summed E-state index contributed by atoms with van der Waals surface area (Å²) in [5.41, 5.74) is 0.451. The largest absolute Gasteiger partial charge is 0.316 e. The molecule has 2 heteroatoms. The van der Waals surface area contributed by atoms with E-state index in [9.17, 15) is 0 Å². The Hall–Kier alpha value is -0.340. The van der Waals surface area contributed by atoms with Crippen molar-refractivity contribution in [1.29, 1.82) is 0 Å². The first-order valence-corrected chi connectivity index (χ1v) is 6.00. The molecule has 13 heavy (non-hydrogen) atoms. The highest BCUT2D eigenvalue weighted by Crippen LogP contribution is 2.36. The van der Waals surface area contributed by atoms with E-state index >= 15 is 0 Å². The van der Waals surface area contributed by atoms with Crippen molar-refractivity contribution in [3.63, 3.8) is 0 Å². The third kappa shape index (κ3) is 1.65. The summed E-state index contributed by atoms with van der Waals surface area (Å²) in [5.74, 6) is 0. The Labute approximate surface area is 84.2 Å². The minimum Gasteiger partial charge on any atom is -0.316 e. The van der Waals surface area contributed by atoms with E-state index in [1.807, 2.05) is 11.3 Å². The van der Waals surface area contributed by atoms with Gasteiger partial charge >= 0.3 is 0 Å². The maximum absolute atomic E-state index is 3.52. The van der Waals surface area contributed by atoms with Crippen LogP contribution in [0.15, 0.2) is 17.5 Å². The molecule has 0 saturated carbocycles. The van der Waals surface area contributed by atoms with E-state index in [-0.39, 0.29) is 0 Å². The van der Waals surface area contributed by atoms with Crippen LogP contribution in [0.1, 0.15) is 31.1 Å². The van der Waals surface area contributed by atoms with Gasteiger partial charge in [0.25, 0.3) is 0 Å². The van der Waals surface area contributed by atoms with Crippen molar-refractivity contribution >= 4 is 11.3 Å². The molecule has 1 atom stereocenters. The highest BCUT2D eigenvalue weighted by molar-refractivity contribution is 7.10. The summed E-state index contributed by atoms with van der Waals surface area (Å²) in [6.45, 7) is 4.68. The molecule has 1 aliphatic rings. The molecule has 1 aliphatic heterocycles. The highest BCUT2D eigenvalue weighted by atomic mass is 32.1. The molecule has 1 fully saturated rings. The maximum Gasteiger partial charge on any atom is 0.0169 e. The summed E-state index contributed by atoms with van der Waals surface area (Å²) in [6, 6.07) is 4.47. The molecule has 1 unspecified atom stereocenters. The molecule has 0 amide bonds. The molecule has 1 saturated heterocycles. The Balaban J connectivity index is 2.23. The van der Waals surface area contributed by atoms with Crippen LogP contribution in [0, 0.1) is 0 Å². The summed E-state index contributed by atoms with van der Waals surface area (Å²) in [7, 11) is 0. The number of thiophene rings is 1. The van der Waals surface area contributed by atoms with Crippen LogP contribution in [-0.4, -0.2) is 13.1 Å². The lowest BCUT2D eigenvalue weighted by Crippen LogP contribution is -2.42. The molecule has 0 radical (unpaired) electrons. The molecule has 0 aromatic carbocycles. The SMILES string of the molecule is CCC1(c2cccs2)CCCNC1. The van der Waals surface area contributed by atoms with Gasteiger partial charge in [0, 0.05) is 16.8 Å². The van der Waals surface area contributed by atoms with Crippen molar-refractivity contribution < 1.29 is 0 Å². The third-order valence-electron chi connectivity index (χ3n) is 3.19. The van der Waals surface area contributed by atoms with Gasteiger partial charge in [-0.15, -0.1) is 11.3 Å². The average molecular weight is 195 g/mol. The van der Waals surface area contributed by atoms with Gasteiger partial charge in [0.15, 0.2) is 0 Å². The first-order valence-electron chi connectivity index (χ1n) is 5.12. The molecule has 72 valence electrons. The zero-order valence-corrected chi connectivity index (χ0v) is 8.99. The molecule has 1 nitrogen and oxygen atoms in total. The first-order chi connectivity index (χ1) is 6.37. The van der Waals surface area contributed by atoms with Gasteiger partial charge in [-0.25, -0.2) is 0 Å². The molecule has 0 aliphatic carbocycles. The Morgan fingerprint density at radius 2 is 2.54 bits per heavy atom. The van der Waals surface area contributed by atoms with E-state index < -0.39 is 0 Å². The fraction of sp³-hybridized carbons (Fsp3) is 0.636. The molecule has 2 heterocycles. The van der Waals surface area contributed by atoms with E-state index in [2.05, 4.69) is 29.8 Å². The van der Waals surface area contributed by atoms with Gasteiger partial charge in [0.05, 0.1) is 0 Å². The van der Waals surface area contributed by atoms with Crippen molar-refractivity contribution in [2.24, 2.45) is 0 Å². The lowest BCUT2D eigenvalue weighted by molar-refractivity contribution is 0.308. The Morgan fingerprint density at radius 1 is 1.62 bits per heavy atom. The van der Waals surface area contributed by atoms with Crippen molar-refractivity contribution in [2.45, 2.75) is 31.6 Å². The van der Waals surface area contributed by atoms with Crippen LogP contribution in [0.5, 0.6) is 0 Å². The van der Waals surface area contributed by atoms with Gasteiger partial charge in [-0.1, -0.05) is 13.0 Å². The minimum absolute atomic E-state index is 0.451. The van der Waals surface area contributed by atoms with Crippen molar-refractivity contribution in [1.82, 2.24) is 5.32 Å². The minimum atomic E-state index is 0.451. The lowest BCUT2D eigenvalue weighted by Gasteiger charge is -2.36. The molecular formula is C11H17NS. The van der Waals surface area contributed by atoms with Gasteiger partial charge in [-0.05, 0) is 37.3 Å². The first kappa shape index (κ1) is 9.22. The van der Waals surface area contributed by atoms with Crippen LogP contribution in [-0.2, 0) is 5.41 Å². The quantitative estimate of drug-likeness (QED) is 0.765. The van der Waals surface area contributed by atoms with E-state index in [0.717, 1.165) is 0 Å². The number of hydrogen-bond donors (Lipinski definition) is 1. The fourth-order valence-electron chi connectivity index (χ4n) is 2.23. The second-order valence-corrected chi connectivity index (χ2v) is 4.84. The fourth-order valence-corrected chi connectivity index (χ4v) is 3.26. The third-order valence-corrected chi connectivity index (χ3v) is 4.31. The molecule has 2 rings (SSSR count). The van der Waals surface area contributed by atoms with Crippen LogP contribution in [0.3, 0.4) is 0 Å². The predicted molar refractivity (Wildman–Crippen MR) is 58.4 cm³/mol. The summed E-state index contributed by atoms with van der Waals surface area (Å²) in [4.78, 5) is 1.57. The summed E-state index contributed by atoms with van der Waals surface area (Å²) < 4.78 is 0. The smallest absolute Gasteiger partial charge is 0.0169 e. The predicted octanol–water partition coefficient (Wildman–Crippen LogP) is 2.78. The number of rotatable bonds is 2. The van der Waals surface area contributed by atoms with Gasteiger partial charge < -0.3 is 5.32 Å². The molecule has 0 bridgehead atoms. The van der Waals surface area contributed by atoms with E-state index in [0.29, 0.717) is 5.41 Å². The second-order valence-electron chi connectivity index (χ2n) is 3.89. The van der Waals surface area contributed by atoms with Crippen molar-refractivity contribution in [2.75, 3.05) is 13.1 Å². The molecular weight excluding hydrogens is 178 g/mol. The Kier molecular flexibility index (Phi) is 2.70. The normalized spacial score (nSPS) is 29.0. The Morgan fingerprint density at radius 3 is 3.08 bits per heavy atom. The molecule has 1 aromatic rings. The molecule has 1 N–H and O–H groups in total. The summed E-state index contributed by atoms with van der Waals surface area (Å²) in [5, 5.41) is 5.72. The van der Waals surface area contributed by atoms with Crippen LogP contribution >= 0.6 is 11.3 Å². The van der Waals surface area contributed by atoms with Gasteiger partial charge in [0.2, 0.25) is 0 Å². The van der Waals surface area contributed by atoms with Gasteiger partial charge in [-0.3, -0.25) is 0 Å². The monoisotopic (exact) mass is 195 g/mol. The lowest BCUT2D eigenvalue weighted by atomic mass is 9.77. The molecule has 1 aromatic heterocycles. The van der Waals surface area contributed by atoms with E-state index in [4.69, 9.17) is 0 Å². The Bertz CT molecular complexity index is 247. The standard InChI is InChI=1S/C11H17NS/c1-2-11(6-4-7-12-9-11)10-5-3-8-13-10/h3,5,8,12H,2,4,6-7,9H2,1H3. The van der Waals surface area contributed by atoms with Crippen LogP contribution in [0.4, 0.5) is 0 Å². The van der Waals surface area contributed by atoms with Crippen LogP contribution in [0.25, 0.3) is 0 Å². The average Bonchev–Trinajstić information content (AvgIpc) is 2.72. The van der Waals surface area contributed by atoms with Crippen LogP contribution in [0.2, 0.25) is 0 Å². The second kappa shape index (κ2) is 3.81. The number of nitrogens with one attached hydrogen (secondary N) is 1. The van der Waals surface area contributed by atoms with Crippen molar-refractivity contribution in [3.8, 4) is 0 Å². The number of hydrogen-bond acceptors (Lipinski definition) is 2. The number of piperidine rings is 1. The van der Waals surface area contributed by atoms with Gasteiger partial charge in [-0.2, -0.15) is 0 Å². The summed E-state index contributed by atoms with van der Waals surface area (Å²) in [6.07, 6.45) is 3.95. The zero-order valence-electron chi connectivity index (χ0n) is 8.18. The zero-order chi connectivity index (χ0) is 9.15. The summed E-state index contributed by atoms with van der Waals surface area (Å²) >= 11 is 1.91. The maximum atomic E-state index is 3.52. The van der Waals surface area contributed by atoms with E-state index in [1.54, 1.807) is 4.88 Å². The molecule has 0 spiro atoms. The van der Waals surface area contributed by atoms with Gasteiger partial charge in [0.1, 0.15) is 0 Å². The van der Waals surface area contributed by atoms with Crippen LogP contribution < -0.4 is 5.32 Å². The highest BCUT2D eigenvalue weighted by Gasteiger charge is 2.32. The van der Waals surface area contributed by atoms with E-state index in [1.165, 1.54) is 32.4 Å². The van der Waals surface area contributed by atoms with Crippen molar-refractivity contribution in [3.05, 3.63) is 22.4 Å². The topological polar surface area (TPSA) is 12.0 Å².